The number of carbonyl (C=O) groups is 2. The van der Waals surface area contributed by atoms with Gasteiger partial charge in [-0.25, -0.2) is 0 Å². The van der Waals surface area contributed by atoms with Crippen molar-refractivity contribution in [2.45, 2.75) is 13.5 Å². The fourth-order valence-corrected chi connectivity index (χ4v) is 4.26. The van der Waals surface area contributed by atoms with E-state index in [9.17, 15) is 19.7 Å². The van der Waals surface area contributed by atoms with Gasteiger partial charge in [-0.2, -0.15) is 0 Å². The molecule has 7 nitrogen and oxygen atoms in total. The van der Waals surface area contributed by atoms with Crippen molar-refractivity contribution in [3.8, 4) is 11.3 Å². The predicted molar refractivity (Wildman–Crippen MR) is 126 cm³/mol. The minimum Gasteiger partial charge on any atom is -0.457 e. The molecule has 0 unspecified atom stereocenters. The van der Waals surface area contributed by atoms with Crippen molar-refractivity contribution >= 4 is 57.3 Å². The van der Waals surface area contributed by atoms with Crippen LogP contribution in [-0.4, -0.2) is 21.0 Å². The summed E-state index contributed by atoms with van der Waals surface area (Å²) in [6.45, 7) is 1.87. The number of imide groups is 1. The van der Waals surface area contributed by atoms with Gasteiger partial charge >= 0.3 is 0 Å². The van der Waals surface area contributed by atoms with Crippen LogP contribution in [0, 0.1) is 20.6 Å². The molecular formula is C22H15IN2O5S. The molecule has 1 aromatic heterocycles. The van der Waals surface area contributed by atoms with Crippen molar-refractivity contribution in [3.63, 3.8) is 0 Å². The molecule has 0 atom stereocenters. The summed E-state index contributed by atoms with van der Waals surface area (Å²) < 4.78 is 6.83. The van der Waals surface area contributed by atoms with Gasteiger partial charge in [0.25, 0.3) is 16.8 Å². The normalized spacial score (nSPS) is 15.2. The maximum absolute atomic E-state index is 12.7. The fraction of sp³-hybridized carbons (Fsp3) is 0.0909. The maximum Gasteiger partial charge on any atom is 0.293 e. The second kappa shape index (κ2) is 8.67. The molecule has 0 saturated carbocycles. The van der Waals surface area contributed by atoms with E-state index in [-0.39, 0.29) is 28.3 Å². The molecule has 0 spiro atoms. The molecule has 9 heteroatoms. The van der Waals surface area contributed by atoms with Crippen molar-refractivity contribution < 1.29 is 18.9 Å². The van der Waals surface area contributed by atoms with Crippen molar-refractivity contribution in [1.82, 2.24) is 4.90 Å². The topological polar surface area (TPSA) is 93.7 Å². The van der Waals surface area contributed by atoms with Crippen LogP contribution in [0.1, 0.15) is 16.9 Å². The Balaban J connectivity index is 1.55. The zero-order chi connectivity index (χ0) is 22.1. The molecule has 2 amide bonds. The first-order valence-corrected chi connectivity index (χ1v) is 11.1. The number of hydrogen-bond donors (Lipinski definition) is 0. The van der Waals surface area contributed by atoms with Crippen LogP contribution in [0.4, 0.5) is 10.5 Å². The summed E-state index contributed by atoms with van der Waals surface area (Å²) in [7, 11) is 0. The lowest BCUT2D eigenvalue weighted by atomic mass is 10.1. The lowest BCUT2D eigenvalue weighted by Gasteiger charge is -2.12. The monoisotopic (exact) mass is 546 g/mol. The fourth-order valence-electron chi connectivity index (χ4n) is 3.08. The number of nitrogens with zero attached hydrogens (tertiary/aromatic N) is 2. The number of nitro groups is 1. The van der Waals surface area contributed by atoms with E-state index in [1.165, 1.54) is 17.0 Å². The molecule has 1 fully saturated rings. The molecule has 2 aromatic carbocycles. The highest BCUT2D eigenvalue weighted by atomic mass is 127. The number of carbonyl (C=O) groups excluding carboxylic acids is 2. The molecule has 0 N–H and O–H groups in total. The van der Waals surface area contributed by atoms with Crippen LogP contribution in [0.15, 0.2) is 63.9 Å². The second-order valence-electron chi connectivity index (χ2n) is 6.85. The number of halogens is 1. The van der Waals surface area contributed by atoms with Gasteiger partial charge in [-0.1, -0.05) is 24.3 Å². The van der Waals surface area contributed by atoms with Crippen molar-refractivity contribution in [1.29, 1.82) is 0 Å². The first-order chi connectivity index (χ1) is 14.8. The van der Waals surface area contributed by atoms with Crippen LogP contribution in [0.5, 0.6) is 0 Å². The zero-order valence-corrected chi connectivity index (χ0v) is 19.2. The Morgan fingerprint density at radius 2 is 1.87 bits per heavy atom. The SMILES string of the molecule is Cc1ccc(-c2ccc(/C=C3\SC(=O)N(Cc4ccc(I)cc4)C3=O)o2)cc1[N+](=O)[O-]. The van der Waals surface area contributed by atoms with Gasteiger partial charge in [0.05, 0.1) is 16.4 Å². The minimum absolute atomic E-state index is 0.00664. The molecule has 156 valence electrons. The molecule has 1 aliphatic rings. The van der Waals surface area contributed by atoms with E-state index in [0.29, 0.717) is 22.6 Å². The van der Waals surface area contributed by atoms with E-state index in [0.717, 1.165) is 20.9 Å². The molecule has 1 saturated heterocycles. The number of nitro benzene ring substituents is 1. The zero-order valence-electron chi connectivity index (χ0n) is 16.2. The lowest BCUT2D eigenvalue weighted by molar-refractivity contribution is -0.385. The largest absolute Gasteiger partial charge is 0.457 e. The van der Waals surface area contributed by atoms with E-state index in [2.05, 4.69) is 22.6 Å². The first kappa shape index (κ1) is 21.3. The summed E-state index contributed by atoms with van der Waals surface area (Å²) in [6.07, 6.45) is 1.52. The third-order valence-corrected chi connectivity index (χ3v) is 6.34. The van der Waals surface area contributed by atoms with Gasteiger partial charge in [0.2, 0.25) is 0 Å². The molecule has 0 aliphatic carbocycles. The summed E-state index contributed by atoms with van der Waals surface area (Å²) >= 11 is 3.05. The number of benzene rings is 2. The molecule has 1 aliphatic heterocycles. The highest BCUT2D eigenvalue weighted by molar-refractivity contribution is 14.1. The standard InChI is InChI=1S/C22H15IN2O5S/c1-13-2-5-15(10-18(13)25(28)29)19-9-8-17(30-19)11-20-21(26)24(22(27)31-20)12-14-3-6-16(23)7-4-14/h2-11H,12H2,1H3/b20-11-. The summed E-state index contributed by atoms with van der Waals surface area (Å²) in [4.78, 5) is 37.3. The number of hydrogen-bond acceptors (Lipinski definition) is 6. The Kier molecular flexibility index (Phi) is 5.96. The van der Waals surface area contributed by atoms with Crippen LogP contribution >= 0.6 is 34.4 Å². The quantitative estimate of drug-likeness (QED) is 0.169. The van der Waals surface area contributed by atoms with Gasteiger partial charge in [-0.05, 0) is 71.1 Å². The van der Waals surface area contributed by atoms with Crippen LogP contribution in [0.3, 0.4) is 0 Å². The Hall–Kier alpha value is -2.92. The van der Waals surface area contributed by atoms with Crippen LogP contribution in [0.2, 0.25) is 0 Å². The van der Waals surface area contributed by atoms with E-state index in [4.69, 9.17) is 4.42 Å². The Morgan fingerprint density at radius 1 is 1.13 bits per heavy atom. The number of thioether (sulfide) groups is 1. The van der Waals surface area contributed by atoms with E-state index in [1.807, 2.05) is 24.3 Å². The van der Waals surface area contributed by atoms with E-state index >= 15 is 0 Å². The summed E-state index contributed by atoms with van der Waals surface area (Å²) in [5, 5.41) is 10.8. The van der Waals surface area contributed by atoms with E-state index < -0.39 is 4.92 Å². The second-order valence-corrected chi connectivity index (χ2v) is 9.09. The highest BCUT2D eigenvalue weighted by Gasteiger charge is 2.35. The predicted octanol–water partition coefficient (Wildman–Crippen LogP) is 6.00. The van der Waals surface area contributed by atoms with Gasteiger partial charge in [0.15, 0.2) is 0 Å². The molecule has 0 radical (unpaired) electrons. The maximum atomic E-state index is 12.7. The highest BCUT2D eigenvalue weighted by Crippen LogP contribution is 2.35. The smallest absolute Gasteiger partial charge is 0.293 e. The Labute approximate surface area is 195 Å². The van der Waals surface area contributed by atoms with Crippen molar-refractivity contribution in [2.24, 2.45) is 0 Å². The molecule has 31 heavy (non-hydrogen) atoms. The van der Waals surface area contributed by atoms with Gasteiger partial charge in [0.1, 0.15) is 11.5 Å². The summed E-state index contributed by atoms with van der Waals surface area (Å²) in [5.74, 6) is 0.447. The van der Waals surface area contributed by atoms with Crippen LogP contribution in [-0.2, 0) is 11.3 Å². The number of furan rings is 1. The molecule has 2 heterocycles. The third-order valence-electron chi connectivity index (χ3n) is 4.72. The average molecular weight is 546 g/mol. The number of aryl methyl sites for hydroxylation is 1. The Morgan fingerprint density at radius 3 is 2.58 bits per heavy atom. The van der Waals surface area contributed by atoms with Crippen LogP contribution in [0.25, 0.3) is 17.4 Å². The van der Waals surface area contributed by atoms with Crippen molar-refractivity contribution in [3.05, 3.63) is 90.1 Å². The van der Waals surface area contributed by atoms with Gasteiger partial charge < -0.3 is 4.42 Å². The average Bonchev–Trinajstić information content (AvgIpc) is 3.30. The number of amides is 2. The molecule has 3 aromatic rings. The number of rotatable bonds is 5. The molecule has 0 bridgehead atoms. The Bertz CT molecular complexity index is 1230. The van der Waals surface area contributed by atoms with Gasteiger partial charge in [-0.15, -0.1) is 0 Å². The summed E-state index contributed by atoms with van der Waals surface area (Å²) in [6, 6.07) is 15.8. The van der Waals surface area contributed by atoms with Gasteiger partial charge in [-0.3, -0.25) is 24.6 Å². The lowest BCUT2D eigenvalue weighted by Crippen LogP contribution is -2.27. The van der Waals surface area contributed by atoms with Crippen molar-refractivity contribution in [2.75, 3.05) is 0 Å². The third kappa shape index (κ3) is 4.57. The minimum atomic E-state index is -0.438. The molecule has 4 rings (SSSR count). The first-order valence-electron chi connectivity index (χ1n) is 9.17. The van der Waals surface area contributed by atoms with Crippen LogP contribution < -0.4 is 0 Å². The molecular weight excluding hydrogens is 531 g/mol. The van der Waals surface area contributed by atoms with Gasteiger partial charge in [0, 0.05) is 26.8 Å². The summed E-state index contributed by atoms with van der Waals surface area (Å²) in [5.41, 5.74) is 1.99. The van der Waals surface area contributed by atoms with E-state index in [1.54, 1.807) is 31.2 Å².